The Morgan fingerprint density at radius 1 is 1.32 bits per heavy atom. The zero-order valence-electron chi connectivity index (χ0n) is 12.1. The lowest BCUT2D eigenvalue weighted by atomic mass is 10.1. The molecule has 0 saturated carbocycles. The van der Waals surface area contributed by atoms with Crippen LogP contribution in [0, 0.1) is 6.92 Å². The Labute approximate surface area is 125 Å². The van der Waals surface area contributed by atoms with Gasteiger partial charge in [0.05, 0.1) is 0 Å². The number of benzene rings is 1. The first-order valence-corrected chi connectivity index (χ1v) is 8.24. The lowest BCUT2D eigenvalue weighted by Gasteiger charge is -2.21. The second kappa shape index (κ2) is 7.30. The fourth-order valence-electron chi connectivity index (χ4n) is 2.82. The fourth-order valence-corrected chi connectivity index (χ4v) is 3.20. The van der Waals surface area contributed by atoms with Gasteiger partial charge < -0.3 is 10.2 Å². The van der Waals surface area contributed by atoms with Gasteiger partial charge in [0.2, 0.25) is 0 Å². The highest BCUT2D eigenvalue weighted by molar-refractivity contribution is 9.10. The minimum absolute atomic E-state index is 0.611. The van der Waals surface area contributed by atoms with Gasteiger partial charge >= 0.3 is 0 Å². The molecule has 1 aromatic carbocycles. The molecule has 1 saturated heterocycles. The average molecular weight is 325 g/mol. The van der Waals surface area contributed by atoms with Crippen LogP contribution in [-0.2, 0) is 0 Å². The second-order valence-corrected chi connectivity index (χ2v) is 6.34. The third-order valence-electron chi connectivity index (χ3n) is 3.91. The number of anilines is 1. The van der Waals surface area contributed by atoms with Gasteiger partial charge in [-0.15, -0.1) is 0 Å². The lowest BCUT2D eigenvalue weighted by molar-refractivity contribution is 0.285. The summed E-state index contributed by atoms with van der Waals surface area (Å²) in [5.74, 6) is 0. The van der Waals surface area contributed by atoms with Gasteiger partial charge in [0.25, 0.3) is 0 Å². The van der Waals surface area contributed by atoms with Gasteiger partial charge in [0.1, 0.15) is 0 Å². The first-order valence-electron chi connectivity index (χ1n) is 7.44. The Morgan fingerprint density at radius 3 is 2.95 bits per heavy atom. The Hall–Kier alpha value is -0.540. The molecular formula is C16H25BrN2. The molecule has 0 amide bonds. The summed E-state index contributed by atoms with van der Waals surface area (Å²) < 4.78 is 1.21. The van der Waals surface area contributed by atoms with Crippen LogP contribution in [-0.4, -0.2) is 30.6 Å². The van der Waals surface area contributed by atoms with Crippen molar-refractivity contribution in [2.24, 2.45) is 0 Å². The molecule has 0 aromatic heterocycles. The third kappa shape index (κ3) is 4.22. The van der Waals surface area contributed by atoms with Crippen molar-refractivity contribution in [3.63, 3.8) is 0 Å². The van der Waals surface area contributed by atoms with E-state index in [2.05, 4.69) is 58.2 Å². The molecule has 106 valence electrons. The molecule has 1 aliphatic heterocycles. The van der Waals surface area contributed by atoms with Crippen LogP contribution in [0.15, 0.2) is 22.7 Å². The van der Waals surface area contributed by atoms with Crippen molar-refractivity contribution in [3.8, 4) is 0 Å². The largest absolute Gasteiger partial charge is 0.381 e. The van der Waals surface area contributed by atoms with Gasteiger partial charge in [-0.2, -0.15) is 0 Å². The first kappa shape index (κ1) is 14.9. The smallest absolute Gasteiger partial charge is 0.0489 e. The van der Waals surface area contributed by atoms with Crippen molar-refractivity contribution in [3.05, 3.63) is 28.2 Å². The van der Waals surface area contributed by atoms with E-state index in [9.17, 15) is 0 Å². The molecule has 19 heavy (non-hydrogen) atoms. The summed E-state index contributed by atoms with van der Waals surface area (Å²) in [4.78, 5) is 2.60. The highest BCUT2D eigenvalue weighted by Gasteiger charge is 2.17. The molecule has 1 fully saturated rings. The molecule has 1 aromatic rings. The molecule has 0 radical (unpaired) electrons. The van der Waals surface area contributed by atoms with Gasteiger partial charge in [0, 0.05) is 22.7 Å². The minimum Gasteiger partial charge on any atom is -0.381 e. The van der Waals surface area contributed by atoms with E-state index in [0.717, 1.165) is 0 Å². The first-order chi connectivity index (χ1) is 9.20. The molecule has 1 aliphatic rings. The van der Waals surface area contributed by atoms with Crippen LogP contribution in [0.4, 0.5) is 5.69 Å². The Morgan fingerprint density at radius 2 is 2.16 bits per heavy atom. The van der Waals surface area contributed by atoms with E-state index in [1.54, 1.807) is 0 Å². The van der Waals surface area contributed by atoms with Crippen LogP contribution >= 0.6 is 15.9 Å². The van der Waals surface area contributed by atoms with E-state index >= 15 is 0 Å². The summed E-state index contributed by atoms with van der Waals surface area (Å²) in [5.41, 5.74) is 2.54. The molecule has 0 aliphatic carbocycles. The van der Waals surface area contributed by atoms with Gasteiger partial charge in [-0.1, -0.05) is 19.1 Å². The number of halogens is 1. The van der Waals surface area contributed by atoms with Crippen LogP contribution < -0.4 is 5.32 Å². The normalized spacial score (nSPS) is 21.1. The van der Waals surface area contributed by atoms with Crippen molar-refractivity contribution in [1.29, 1.82) is 0 Å². The summed E-state index contributed by atoms with van der Waals surface area (Å²) in [5, 5.41) is 3.72. The predicted molar refractivity (Wildman–Crippen MR) is 86.9 cm³/mol. The minimum atomic E-state index is 0.611. The lowest BCUT2D eigenvalue weighted by Crippen LogP contribution is -2.27. The molecule has 2 nitrogen and oxygen atoms in total. The predicted octanol–water partition coefficient (Wildman–Crippen LogP) is 4.43. The SMILES string of the molecule is CCCN1CCCC(Nc2cccc(C)c2Br)CC1. The number of nitrogens with one attached hydrogen (secondary N) is 1. The Bertz CT molecular complexity index is 406. The van der Waals surface area contributed by atoms with Crippen molar-refractivity contribution < 1.29 is 0 Å². The van der Waals surface area contributed by atoms with E-state index in [1.165, 1.54) is 61.0 Å². The topological polar surface area (TPSA) is 15.3 Å². The fraction of sp³-hybridized carbons (Fsp3) is 0.625. The summed E-state index contributed by atoms with van der Waals surface area (Å²) >= 11 is 3.69. The van der Waals surface area contributed by atoms with Crippen LogP contribution in [0.3, 0.4) is 0 Å². The van der Waals surface area contributed by atoms with E-state index in [-0.39, 0.29) is 0 Å². The third-order valence-corrected chi connectivity index (χ3v) is 4.96. The van der Waals surface area contributed by atoms with Crippen LogP contribution in [0.2, 0.25) is 0 Å². The van der Waals surface area contributed by atoms with E-state index in [0.29, 0.717) is 6.04 Å². The zero-order chi connectivity index (χ0) is 13.7. The van der Waals surface area contributed by atoms with E-state index < -0.39 is 0 Å². The molecule has 2 rings (SSSR count). The Balaban J connectivity index is 1.94. The van der Waals surface area contributed by atoms with Crippen molar-refractivity contribution in [2.45, 2.75) is 45.6 Å². The molecule has 1 atom stereocenters. The number of hydrogen-bond acceptors (Lipinski definition) is 2. The average Bonchev–Trinajstić information content (AvgIpc) is 2.61. The molecular weight excluding hydrogens is 300 g/mol. The summed E-state index contributed by atoms with van der Waals surface area (Å²) in [7, 11) is 0. The Kier molecular flexibility index (Phi) is 5.71. The highest BCUT2D eigenvalue weighted by Crippen LogP contribution is 2.27. The van der Waals surface area contributed by atoms with Crippen LogP contribution in [0.25, 0.3) is 0 Å². The second-order valence-electron chi connectivity index (χ2n) is 5.55. The molecule has 1 unspecified atom stereocenters. The van der Waals surface area contributed by atoms with E-state index in [4.69, 9.17) is 0 Å². The van der Waals surface area contributed by atoms with Crippen LogP contribution in [0.5, 0.6) is 0 Å². The number of likely N-dealkylation sites (tertiary alicyclic amines) is 1. The molecule has 3 heteroatoms. The molecule has 0 bridgehead atoms. The number of nitrogens with zero attached hydrogens (tertiary/aromatic N) is 1. The van der Waals surface area contributed by atoms with Gasteiger partial charge in [-0.05, 0) is 73.3 Å². The van der Waals surface area contributed by atoms with Crippen LogP contribution in [0.1, 0.15) is 38.2 Å². The maximum absolute atomic E-state index is 3.72. The maximum Gasteiger partial charge on any atom is 0.0489 e. The highest BCUT2D eigenvalue weighted by atomic mass is 79.9. The van der Waals surface area contributed by atoms with Gasteiger partial charge in [-0.25, -0.2) is 0 Å². The zero-order valence-corrected chi connectivity index (χ0v) is 13.7. The molecule has 1 heterocycles. The maximum atomic E-state index is 3.72. The summed E-state index contributed by atoms with van der Waals surface area (Å²) in [6, 6.07) is 7.06. The molecule has 1 N–H and O–H groups in total. The van der Waals surface area contributed by atoms with Crippen molar-refractivity contribution in [2.75, 3.05) is 25.0 Å². The monoisotopic (exact) mass is 324 g/mol. The summed E-state index contributed by atoms with van der Waals surface area (Å²) in [6.07, 6.45) is 5.10. The standard InChI is InChI=1S/C16H25BrN2/c1-3-10-19-11-5-7-14(9-12-19)18-15-8-4-6-13(2)16(15)17/h4,6,8,14,18H,3,5,7,9-12H2,1-2H3. The molecule has 0 spiro atoms. The van der Waals surface area contributed by atoms with Crippen molar-refractivity contribution in [1.82, 2.24) is 4.90 Å². The van der Waals surface area contributed by atoms with Gasteiger partial charge in [0.15, 0.2) is 0 Å². The number of rotatable bonds is 4. The number of aryl methyl sites for hydroxylation is 1. The number of hydrogen-bond donors (Lipinski definition) is 1. The van der Waals surface area contributed by atoms with E-state index in [1.807, 2.05) is 0 Å². The van der Waals surface area contributed by atoms with Gasteiger partial charge in [-0.3, -0.25) is 0 Å². The van der Waals surface area contributed by atoms with Crippen molar-refractivity contribution >= 4 is 21.6 Å². The quantitative estimate of drug-likeness (QED) is 0.881. The summed E-state index contributed by atoms with van der Waals surface area (Å²) in [6.45, 7) is 8.16.